The lowest BCUT2D eigenvalue weighted by Crippen LogP contribution is -2.23. The molecular weight excluding hydrogens is 108 g/mol. The maximum atomic E-state index is 2.30. The maximum Gasteiger partial charge on any atom is -0.0244 e. The fraction of sp³-hybridized carbons (Fsp3) is 0.889. The Labute approximate surface area is 59.7 Å². The van der Waals surface area contributed by atoms with E-state index < -0.39 is 0 Å². The van der Waals surface area contributed by atoms with Crippen molar-refractivity contribution < 1.29 is 0 Å². The largest absolute Gasteiger partial charge is 0.0622 e. The van der Waals surface area contributed by atoms with E-state index >= 15 is 0 Å². The monoisotopic (exact) mass is 127 g/mol. The van der Waals surface area contributed by atoms with Gasteiger partial charge in [0.1, 0.15) is 0 Å². The Morgan fingerprint density at radius 1 is 1.11 bits per heavy atom. The van der Waals surface area contributed by atoms with Crippen LogP contribution in [0.25, 0.3) is 0 Å². The molecule has 0 saturated carbocycles. The van der Waals surface area contributed by atoms with E-state index in [9.17, 15) is 0 Å². The van der Waals surface area contributed by atoms with E-state index in [1.54, 1.807) is 0 Å². The van der Waals surface area contributed by atoms with Gasteiger partial charge in [-0.2, -0.15) is 0 Å². The normalized spacial score (nSPS) is 13.3. The van der Waals surface area contributed by atoms with Gasteiger partial charge >= 0.3 is 0 Å². The van der Waals surface area contributed by atoms with Gasteiger partial charge in [-0.15, -0.1) is 0 Å². The van der Waals surface area contributed by atoms with Crippen molar-refractivity contribution in [2.24, 2.45) is 11.3 Å². The van der Waals surface area contributed by atoms with Crippen LogP contribution < -0.4 is 0 Å². The highest BCUT2D eigenvalue weighted by molar-refractivity contribution is 4.96. The molecule has 0 aliphatic heterocycles. The summed E-state index contributed by atoms with van der Waals surface area (Å²) in [6.07, 6.45) is 0. The molecule has 9 heavy (non-hydrogen) atoms. The van der Waals surface area contributed by atoms with Crippen LogP contribution in [-0.4, -0.2) is 0 Å². The summed E-state index contributed by atoms with van der Waals surface area (Å²) in [5, 5.41) is 0. The fourth-order valence-corrected chi connectivity index (χ4v) is 0.577. The van der Waals surface area contributed by atoms with Crippen molar-refractivity contribution >= 4 is 0 Å². The van der Waals surface area contributed by atoms with Crippen LogP contribution in [-0.2, 0) is 0 Å². The summed E-state index contributed by atoms with van der Waals surface area (Å²) in [5.74, 6) is 2.28. The zero-order valence-electron chi connectivity index (χ0n) is 7.58. The molecule has 0 fully saturated rings. The molecule has 0 N–H and O–H groups in total. The van der Waals surface area contributed by atoms with Gasteiger partial charge in [-0.3, -0.25) is 0 Å². The quantitative estimate of drug-likeness (QED) is 0.534. The van der Waals surface area contributed by atoms with E-state index in [2.05, 4.69) is 41.5 Å². The minimum atomic E-state index is 0.417. The topological polar surface area (TPSA) is 0 Å². The van der Waals surface area contributed by atoms with Crippen LogP contribution in [0.1, 0.15) is 41.5 Å². The summed E-state index contributed by atoms with van der Waals surface area (Å²) in [6, 6.07) is 0. The average molecular weight is 127 g/mol. The molecule has 0 amide bonds. The van der Waals surface area contributed by atoms with Crippen molar-refractivity contribution in [2.75, 3.05) is 0 Å². The Bertz CT molecular complexity index is 68.0. The molecule has 55 valence electrons. The van der Waals surface area contributed by atoms with Crippen LogP contribution in [0.5, 0.6) is 0 Å². The molecule has 0 bridgehead atoms. The highest BCUT2D eigenvalue weighted by atomic mass is 14.3. The summed E-state index contributed by atoms with van der Waals surface area (Å²) >= 11 is 0. The van der Waals surface area contributed by atoms with Crippen molar-refractivity contribution in [3.05, 3.63) is 5.92 Å². The zero-order valence-corrected chi connectivity index (χ0v) is 7.58. The predicted molar refractivity (Wildman–Crippen MR) is 43.2 cm³/mol. The molecule has 0 spiro atoms. The Hall–Kier alpha value is 0. The van der Waals surface area contributed by atoms with E-state index in [-0.39, 0.29) is 0 Å². The summed E-state index contributed by atoms with van der Waals surface area (Å²) in [6.45, 7) is 13.6. The minimum absolute atomic E-state index is 0.417. The van der Waals surface area contributed by atoms with Crippen molar-refractivity contribution in [2.45, 2.75) is 41.5 Å². The highest BCUT2D eigenvalue weighted by Gasteiger charge is 2.25. The first-order valence-electron chi connectivity index (χ1n) is 3.69. The molecule has 0 aromatic rings. The van der Waals surface area contributed by atoms with E-state index in [4.69, 9.17) is 0 Å². The lowest BCUT2D eigenvalue weighted by atomic mass is 9.72. The molecule has 0 aromatic carbocycles. The number of hydrogen-bond acceptors (Lipinski definition) is 0. The molecule has 0 saturated heterocycles. The van der Waals surface area contributed by atoms with E-state index in [0.717, 1.165) is 5.92 Å². The molecule has 0 heterocycles. The average Bonchev–Trinajstić information content (AvgIpc) is 1.65. The third-order valence-electron chi connectivity index (χ3n) is 2.73. The SMILES string of the molecule is C[C](C)C(C)(C)C(C)C. The van der Waals surface area contributed by atoms with Crippen molar-refractivity contribution in [1.82, 2.24) is 0 Å². The maximum absolute atomic E-state index is 2.30. The first kappa shape index (κ1) is 9.00. The van der Waals surface area contributed by atoms with E-state index in [1.807, 2.05) is 0 Å². The molecule has 0 aromatic heterocycles. The van der Waals surface area contributed by atoms with Crippen LogP contribution >= 0.6 is 0 Å². The number of rotatable bonds is 2. The molecule has 0 aliphatic rings. The molecular formula is C9H19. The van der Waals surface area contributed by atoms with Crippen LogP contribution in [0.3, 0.4) is 0 Å². The first-order valence-corrected chi connectivity index (χ1v) is 3.69. The third-order valence-corrected chi connectivity index (χ3v) is 2.73. The summed E-state index contributed by atoms with van der Waals surface area (Å²) in [5.41, 5.74) is 0.417. The van der Waals surface area contributed by atoms with Gasteiger partial charge in [-0.05, 0) is 17.3 Å². The Balaban J connectivity index is 4.01. The second-order valence-corrected chi connectivity index (χ2v) is 3.88. The first-order chi connectivity index (χ1) is 3.89. The van der Waals surface area contributed by atoms with Crippen LogP contribution in [0.2, 0.25) is 0 Å². The van der Waals surface area contributed by atoms with Crippen molar-refractivity contribution in [3.8, 4) is 0 Å². The second kappa shape index (κ2) is 2.72. The van der Waals surface area contributed by atoms with Crippen LogP contribution in [0.15, 0.2) is 0 Å². The Kier molecular flexibility index (Phi) is 2.72. The van der Waals surface area contributed by atoms with Crippen molar-refractivity contribution in [3.63, 3.8) is 0 Å². The van der Waals surface area contributed by atoms with Crippen molar-refractivity contribution in [1.29, 1.82) is 0 Å². The Morgan fingerprint density at radius 2 is 1.44 bits per heavy atom. The van der Waals surface area contributed by atoms with Gasteiger partial charge in [0, 0.05) is 0 Å². The molecule has 0 atom stereocenters. The van der Waals surface area contributed by atoms with Gasteiger partial charge in [0.25, 0.3) is 0 Å². The van der Waals surface area contributed by atoms with Crippen LogP contribution in [0.4, 0.5) is 0 Å². The van der Waals surface area contributed by atoms with Gasteiger partial charge in [0.2, 0.25) is 0 Å². The summed E-state index contributed by atoms with van der Waals surface area (Å²) < 4.78 is 0. The lowest BCUT2D eigenvalue weighted by molar-refractivity contribution is 0.270. The van der Waals surface area contributed by atoms with Gasteiger partial charge in [0.05, 0.1) is 0 Å². The van der Waals surface area contributed by atoms with Gasteiger partial charge in [-0.1, -0.05) is 41.5 Å². The summed E-state index contributed by atoms with van der Waals surface area (Å²) in [4.78, 5) is 0. The molecule has 1 radical (unpaired) electrons. The fourth-order valence-electron chi connectivity index (χ4n) is 0.577. The van der Waals surface area contributed by atoms with E-state index in [0.29, 0.717) is 5.41 Å². The molecule has 0 nitrogen and oxygen atoms in total. The van der Waals surface area contributed by atoms with Gasteiger partial charge < -0.3 is 0 Å². The standard InChI is InChI=1S/C9H19/c1-7(2)9(5,6)8(3)4/h7H,1-6H3. The molecule has 0 rings (SSSR count). The van der Waals surface area contributed by atoms with Gasteiger partial charge in [0.15, 0.2) is 0 Å². The smallest absolute Gasteiger partial charge is 0.0244 e. The minimum Gasteiger partial charge on any atom is -0.0622 e. The molecule has 0 heteroatoms. The third kappa shape index (κ3) is 2.00. The van der Waals surface area contributed by atoms with E-state index in [1.165, 1.54) is 5.92 Å². The molecule has 0 unspecified atom stereocenters. The summed E-state index contributed by atoms with van der Waals surface area (Å²) in [7, 11) is 0. The van der Waals surface area contributed by atoms with Crippen LogP contribution in [0, 0.1) is 17.3 Å². The predicted octanol–water partition coefficient (Wildman–Crippen LogP) is 3.28. The highest BCUT2D eigenvalue weighted by Crippen LogP contribution is 2.35. The Morgan fingerprint density at radius 3 is 1.44 bits per heavy atom. The lowest BCUT2D eigenvalue weighted by Gasteiger charge is -2.33. The zero-order chi connectivity index (χ0) is 7.65. The number of hydrogen-bond donors (Lipinski definition) is 0. The van der Waals surface area contributed by atoms with Gasteiger partial charge in [-0.25, -0.2) is 0 Å². The second-order valence-electron chi connectivity index (χ2n) is 3.88. The molecule has 0 aliphatic carbocycles.